The van der Waals surface area contributed by atoms with Gasteiger partial charge in [0.2, 0.25) is 0 Å². The van der Waals surface area contributed by atoms with E-state index >= 15 is 0 Å². The first-order valence-electron chi connectivity index (χ1n) is 3.90. The van der Waals surface area contributed by atoms with Crippen LogP contribution in [0.3, 0.4) is 0 Å². The van der Waals surface area contributed by atoms with E-state index < -0.39 is 11.7 Å². The number of benzene rings is 1. The fourth-order valence-corrected chi connectivity index (χ4v) is 1.12. The van der Waals surface area contributed by atoms with Crippen LogP contribution in [0.4, 0.5) is 4.39 Å². The molecule has 0 bridgehead atoms. The highest BCUT2D eigenvalue weighted by Gasteiger charge is 2.15. The van der Waals surface area contributed by atoms with E-state index in [-0.39, 0.29) is 11.3 Å². The first-order chi connectivity index (χ1) is 6.60. The number of carbonyl (C=O) groups is 1. The van der Waals surface area contributed by atoms with Crippen molar-refractivity contribution in [2.75, 3.05) is 7.11 Å². The Bertz CT molecular complexity index is 388. The largest absolute Gasteiger partial charge is 0.496 e. The third-order valence-corrected chi connectivity index (χ3v) is 1.78. The van der Waals surface area contributed by atoms with Crippen LogP contribution in [-0.2, 0) is 0 Å². The van der Waals surface area contributed by atoms with Crippen LogP contribution in [0.1, 0.15) is 15.9 Å². The number of hydrogen-bond acceptors (Lipinski definition) is 2. The molecule has 74 valence electrons. The Morgan fingerprint density at radius 1 is 1.64 bits per heavy atom. The molecule has 4 heteroatoms. The van der Waals surface area contributed by atoms with E-state index in [1.807, 2.05) is 0 Å². The molecule has 0 radical (unpaired) electrons. The Labute approximate surface area is 81.0 Å². The second-order valence-electron chi connectivity index (χ2n) is 2.65. The summed E-state index contributed by atoms with van der Waals surface area (Å²) in [6.07, 6.45) is 1.45. The SMILES string of the molecule is C=Cc1cc(F)c(C(N)=O)c(OC)c1. The zero-order chi connectivity index (χ0) is 10.7. The topological polar surface area (TPSA) is 52.3 Å². The lowest BCUT2D eigenvalue weighted by Gasteiger charge is -2.07. The Morgan fingerprint density at radius 3 is 2.71 bits per heavy atom. The quantitative estimate of drug-likeness (QED) is 0.795. The van der Waals surface area contributed by atoms with Gasteiger partial charge in [-0.1, -0.05) is 12.7 Å². The molecular weight excluding hydrogens is 185 g/mol. The molecule has 0 aliphatic rings. The predicted molar refractivity (Wildman–Crippen MR) is 51.6 cm³/mol. The van der Waals surface area contributed by atoms with E-state index in [0.717, 1.165) is 0 Å². The van der Waals surface area contributed by atoms with Crippen molar-refractivity contribution in [3.63, 3.8) is 0 Å². The van der Waals surface area contributed by atoms with Crippen molar-refractivity contribution in [1.29, 1.82) is 0 Å². The minimum Gasteiger partial charge on any atom is -0.496 e. The smallest absolute Gasteiger partial charge is 0.255 e. The molecule has 0 saturated heterocycles. The normalized spacial score (nSPS) is 9.57. The maximum Gasteiger partial charge on any atom is 0.255 e. The molecule has 1 amide bonds. The van der Waals surface area contributed by atoms with Gasteiger partial charge in [-0.25, -0.2) is 4.39 Å². The summed E-state index contributed by atoms with van der Waals surface area (Å²) >= 11 is 0. The first-order valence-corrected chi connectivity index (χ1v) is 3.90. The maximum atomic E-state index is 13.3. The van der Waals surface area contributed by atoms with Crippen LogP contribution in [0.2, 0.25) is 0 Å². The first kappa shape index (κ1) is 10.2. The molecule has 2 N–H and O–H groups in total. The minimum atomic E-state index is -0.852. The van der Waals surface area contributed by atoms with Crippen molar-refractivity contribution >= 4 is 12.0 Å². The number of amides is 1. The standard InChI is InChI=1S/C10H10FNO2/c1-3-6-4-7(11)9(10(12)13)8(5-6)14-2/h3-5H,1H2,2H3,(H2,12,13). The van der Waals surface area contributed by atoms with Crippen molar-refractivity contribution in [3.8, 4) is 5.75 Å². The fraction of sp³-hybridized carbons (Fsp3) is 0.100. The molecule has 0 aliphatic carbocycles. The van der Waals surface area contributed by atoms with Crippen molar-refractivity contribution in [2.45, 2.75) is 0 Å². The number of primary amides is 1. The van der Waals surface area contributed by atoms with E-state index in [2.05, 4.69) is 6.58 Å². The summed E-state index contributed by atoms with van der Waals surface area (Å²) in [5.74, 6) is -1.44. The number of carbonyl (C=O) groups excluding carboxylic acids is 1. The average molecular weight is 195 g/mol. The van der Waals surface area contributed by atoms with Crippen LogP contribution in [0.15, 0.2) is 18.7 Å². The van der Waals surface area contributed by atoms with E-state index in [9.17, 15) is 9.18 Å². The van der Waals surface area contributed by atoms with Crippen molar-refractivity contribution in [1.82, 2.24) is 0 Å². The monoisotopic (exact) mass is 195 g/mol. The van der Waals surface area contributed by atoms with Crippen molar-refractivity contribution in [2.24, 2.45) is 5.73 Å². The van der Waals surface area contributed by atoms with Gasteiger partial charge in [-0.15, -0.1) is 0 Å². The Hall–Kier alpha value is -1.84. The molecule has 0 spiro atoms. The van der Waals surface area contributed by atoms with E-state index in [0.29, 0.717) is 5.56 Å². The summed E-state index contributed by atoms with van der Waals surface area (Å²) in [4.78, 5) is 10.9. The number of methoxy groups -OCH3 is 1. The molecule has 1 aromatic rings. The molecule has 0 heterocycles. The fourth-order valence-electron chi connectivity index (χ4n) is 1.12. The number of nitrogens with two attached hydrogens (primary N) is 1. The molecular formula is C10H10FNO2. The van der Waals surface area contributed by atoms with Crippen LogP contribution in [0, 0.1) is 5.82 Å². The number of hydrogen-bond donors (Lipinski definition) is 1. The zero-order valence-electron chi connectivity index (χ0n) is 7.71. The molecule has 0 atom stereocenters. The lowest BCUT2D eigenvalue weighted by molar-refractivity contribution is 0.0993. The summed E-state index contributed by atoms with van der Waals surface area (Å²) in [5.41, 5.74) is 5.29. The van der Waals surface area contributed by atoms with Crippen LogP contribution < -0.4 is 10.5 Å². The van der Waals surface area contributed by atoms with Gasteiger partial charge in [0.25, 0.3) is 5.91 Å². The summed E-state index contributed by atoms with van der Waals surface area (Å²) in [5, 5.41) is 0. The van der Waals surface area contributed by atoms with Gasteiger partial charge in [0.1, 0.15) is 17.1 Å². The predicted octanol–water partition coefficient (Wildman–Crippen LogP) is 1.58. The molecule has 0 aliphatic heterocycles. The maximum absolute atomic E-state index is 13.3. The number of rotatable bonds is 3. The minimum absolute atomic E-state index is 0.118. The third kappa shape index (κ3) is 1.74. The number of halogens is 1. The van der Waals surface area contributed by atoms with Gasteiger partial charge in [-0.2, -0.15) is 0 Å². The molecule has 0 fully saturated rings. The summed E-state index contributed by atoms with van der Waals surface area (Å²) in [6.45, 7) is 3.48. The molecule has 0 saturated carbocycles. The second kappa shape index (κ2) is 3.91. The van der Waals surface area contributed by atoms with Crippen molar-refractivity contribution in [3.05, 3.63) is 35.7 Å². The van der Waals surface area contributed by atoms with Gasteiger partial charge in [0.05, 0.1) is 7.11 Å². The summed E-state index contributed by atoms with van der Waals surface area (Å²) < 4.78 is 18.1. The second-order valence-corrected chi connectivity index (χ2v) is 2.65. The van der Waals surface area contributed by atoms with Gasteiger partial charge in [0.15, 0.2) is 0 Å². The van der Waals surface area contributed by atoms with Crippen LogP contribution >= 0.6 is 0 Å². The van der Waals surface area contributed by atoms with Gasteiger partial charge in [-0.3, -0.25) is 4.79 Å². The van der Waals surface area contributed by atoms with E-state index in [1.54, 1.807) is 0 Å². The highest BCUT2D eigenvalue weighted by molar-refractivity contribution is 5.96. The summed E-state index contributed by atoms with van der Waals surface area (Å²) in [7, 11) is 1.34. The lowest BCUT2D eigenvalue weighted by atomic mass is 10.1. The number of ether oxygens (including phenoxy) is 1. The molecule has 14 heavy (non-hydrogen) atoms. The molecule has 0 unspecified atom stereocenters. The van der Waals surface area contributed by atoms with Crippen LogP contribution in [-0.4, -0.2) is 13.0 Å². The Kier molecular flexibility index (Phi) is 2.86. The lowest BCUT2D eigenvalue weighted by Crippen LogP contribution is -2.14. The van der Waals surface area contributed by atoms with Crippen LogP contribution in [0.5, 0.6) is 5.75 Å². The van der Waals surface area contributed by atoms with Crippen LogP contribution in [0.25, 0.3) is 6.08 Å². The molecule has 1 aromatic carbocycles. The highest BCUT2D eigenvalue weighted by atomic mass is 19.1. The Balaban J connectivity index is 3.42. The van der Waals surface area contributed by atoms with Crippen molar-refractivity contribution < 1.29 is 13.9 Å². The highest BCUT2D eigenvalue weighted by Crippen LogP contribution is 2.23. The van der Waals surface area contributed by atoms with E-state index in [4.69, 9.17) is 10.5 Å². The zero-order valence-corrected chi connectivity index (χ0v) is 7.71. The molecule has 1 rings (SSSR count). The Morgan fingerprint density at radius 2 is 2.29 bits per heavy atom. The van der Waals surface area contributed by atoms with Gasteiger partial charge >= 0.3 is 0 Å². The van der Waals surface area contributed by atoms with Gasteiger partial charge < -0.3 is 10.5 Å². The summed E-state index contributed by atoms with van der Waals surface area (Å²) in [6, 6.07) is 2.67. The van der Waals surface area contributed by atoms with E-state index in [1.165, 1.54) is 25.3 Å². The average Bonchev–Trinajstić information content (AvgIpc) is 2.15. The molecule has 3 nitrogen and oxygen atoms in total. The van der Waals surface area contributed by atoms with Gasteiger partial charge in [0, 0.05) is 0 Å². The van der Waals surface area contributed by atoms with Gasteiger partial charge in [-0.05, 0) is 17.7 Å². The molecule has 0 aromatic heterocycles. The third-order valence-electron chi connectivity index (χ3n) is 1.78.